The summed E-state index contributed by atoms with van der Waals surface area (Å²) in [6, 6.07) is 7.49. The predicted octanol–water partition coefficient (Wildman–Crippen LogP) is 7.74. The van der Waals surface area contributed by atoms with Crippen molar-refractivity contribution in [3.05, 3.63) is 35.9 Å². The minimum absolute atomic E-state index is 0.255. The highest BCUT2D eigenvalue weighted by atomic mass is 16.8. The van der Waals surface area contributed by atoms with Crippen LogP contribution in [0.5, 0.6) is 11.5 Å². The van der Waals surface area contributed by atoms with Crippen LogP contribution < -0.4 is 9.47 Å². The third-order valence-corrected chi connectivity index (χ3v) is 6.52. The molecule has 0 radical (unpaired) electrons. The van der Waals surface area contributed by atoms with Crippen molar-refractivity contribution >= 4 is 5.97 Å². The Hall–Kier alpha value is -2.05. The molecular formula is C32H52O6. The van der Waals surface area contributed by atoms with E-state index in [1.54, 1.807) is 7.11 Å². The van der Waals surface area contributed by atoms with Gasteiger partial charge in [-0.25, -0.2) is 4.79 Å². The van der Waals surface area contributed by atoms with Crippen molar-refractivity contribution < 1.29 is 28.5 Å². The highest BCUT2D eigenvalue weighted by Crippen LogP contribution is 2.36. The third kappa shape index (κ3) is 11.4. The van der Waals surface area contributed by atoms with Crippen molar-refractivity contribution in [1.82, 2.24) is 0 Å². The van der Waals surface area contributed by atoms with Crippen LogP contribution in [0.3, 0.4) is 0 Å². The van der Waals surface area contributed by atoms with Gasteiger partial charge in [0.15, 0.2) is 5.79 Å². The first-order valence-electron chi connectivity index (χ1n) is 14.2. The minimum Gasteiger partial charge on any atom is -0.497 e. The van der Waals surface area contributed by atoms with Gasteiger partial charge in [0.1, 0.15) is 29.3 Å². The molecule has 0 saturated carbocycles. The van der Waals surface area contributed by atoms with E-state index in [0.717, 1.165) is 30.8 Å². The molecule has 0 aliphatic carbocycles. The maximum Gasteiger partial charge on any atom is 0.334 e. The van der Waals surface area contributed by atoms with Gasteiger partial charge in [-0.1, -0.05) is 33.8 Å². The minimum atomic E-state index is -0.724. The Bertz CT molecular complexity index is 884. The Morgan fingerprint density at radius 3 is 2.08 bits per heavy atom. The van der Waals surface area contributed by atoms with E-state index in [-0.39, 0.29) is 5.97 Å². The summed E-state index contributed by atoms with van der Waals surface area (Å²) in [4.78, 5) is 13.3. The average Bonchev–Trinajstić information content (AvgIpc) is 3.10. The summed E-state index contributed by atoms with van der Waals surface area (Å²) < 4.78 is 29.6. The molecule has 1 unspecified atom stereocenters. The Morgan fingerprint density at radius 2 is 1.61 bits per heavy atom. The molecule has 0 spiro atoms. The molecule has 1 fully saturated rings. The van der Waals surface area contributed by atoms with Crippen LogP contribution >= 0.6 is 0 Å². The first-order chi connectivity index (χ1) is 17.6. The van der Waals surface area contributed by atoms with Crippen LogP contribution in [0.1, 0.15) is 94.4 Å². The van der Waals surface area contributed by atoms with E-state index in [0.29, 0.717) is 49.4 Å². The molecule has 1 atom stereocenters. The van der Waals surface area contributed by atoms with Crippen LogP contribution in [-0.2, 0) is 19.0 Å². The first kappa shape index (κ1) is 32.2. The highest BCUT2D eigenvalue weighted by Gasteiger charge is 2.46. The number of esters is 1. The van der Waals surface area contributed by atoms with Crippen molar-refractivity contribution in [3.8, 4) is 11.5 Å². The average molecular weight is 533 g/mol. The molecule has 1 aliphatic rings. The normalized spacial score (nSPS) is 19.9. The van der Waals surface area contributed by atoms with Crippen LogP contribution in [0.4, 0.5) is 0 Å². The lowest BCUT2D eigenvalue weighted by atomic mass is 9.86. The second-order valence-electron chi connectivity index (χ2n) is 13.0. The molecule has 0 bridgehead atoms. The fourth-order valence-electron chi connectivity index (χ4n) is 4.96. The molecule has 0 amide bonds. The second-order valence-corrected chi connectivity index (χ2v) is 13.0. The van der Waals surface area contributed by atoms with Crippen LogP contribution in [-0.4, -0.2) is 43.3 Å². The molecule has 0 N–H and O–H groups in total. The van der Waals surface area contributed by atoms with Crippen molar-refractivity contribution in [3.63, 3.8) is 0 Å². The molecule has 216 valence electrons. The van der Waals surface area contributed by atoms with Gasteiger partial charge in [-0.05, 0) is 109 Å². The number of carbonyl (C=O) groups is 1. The number of carbonyl (C=O) groups excluding carboxylic acids is 1. The summed E-state index contributed by atoms with van der Waals surface area (Å²) in [5, 5.41) is 0. The van der Waals surface area contributed by atoms with Crippen LogP contribution in [0.15, 0.2) is 35.9 Å². The summed E-state index contributed by atoms with van der Waals surface area (Å²) in [6.45, 7) is 19.3. The maximum absolute atomic E-state index is 13.3. The topological polar surface area (TPSA) is 63.2 Å². The molecule has 1 aliphatic heterocycles. The monoisotopic (exact) mass is 532 g/mol. The molecule has 38 heavy (non-hydrogen) atoms. The van der Waals surface area contributed by atoms with Gasteiger partial charge in [-0.15, -0.1) is 0 Å². The molecule has 6 heteroatoms. The predicted molar refractivity (Wildman–Crippen MR) is 153 cm³/mol. The Balaban J connectivity index is 2.22. The summed E-state index contributed by atoms with van der Waals surface area (Å²) in [5.74, 6) is 2.28. The van der Waals surface area contributed by atoms with E-state index < -0.39 is 17.0 Å². The van der Waals surface area contributed by atoms with Gasteiger partial charge in [0.2, 0.25) is 0 Å². The van der Waals surface area contributed by atoms with Crippen LogP contribution in [0.25, 0.3) is 0 Å². The standard InChI is InChI=1S/C32H52O6/c1-23(2)19-25(20-24(3)4)11-12-26(29(33)37-30(5,6)7)17-18-32(22-36-31(8,9)38-32)21-35-28-15-13-27(34-10)14-16-28/h12-16,23-25H,11,17-22H2,1-10H3/b26-12+. The summed E-state index contributed by atoms with van der Waals surface area (Å²) in [5.41, 5.74) is -0.537. The number of allylic oxidation sites excluding steroid dienone is 1. The Kier molecular flexibility index (Phi) is 11.7. The van der Waals surface area contributed by atoms with Crippen LogP contribution in [0.2, 0.25) is 0 Å². The molecule has 2 rings (SSSR count). The Morgan fingerprint density at radius 1 is 1.03 bits per heavy atom. The number of rotatable bonds is 14. The van der Waals surface area contributed by atoms with Gasteiger partial charge in [-0.2, -0.15) is 0 Å². The van der Waals surface area contributed by atoms with Gasteiger partial charge in [0.05, 0.1) is 13.7 Å². The van der Waals surface area contributed by atoms with E-state index in [9.17, 15) is 4.79 Å². The van der Waals surface area contributed by atoms with Gasteiger partial charge >= 0.3 is 5.97 Å². The number of ether oxygens (including phenoxy) is 5. The lowest BCUT2D eigenvalue weighted by Gasteiger charge is -2.30. The molecular weight excluding hydrogens is 480 g/mol. The second kappa shape index (κ2) is 13.8. The quantitative estimate of drug-likeness (QED) is 0.180. The van der Waals surface area contributed by atoms with E-state index in [2.05, 4.69) is 33.8 Å². The Labute approximate surface area is 231 Å². The van der Waals surface area contributed by atoms with Crippen molar-refractivity contribution in [1.29, 1.82) is 0 Å². The van der Waals surface area contributed by atoms with Gasteiger partial charge < -0.3 is 23.7 Å². The molecule has 1 saturated heterocycles. The van der Waals surface area contributed by atoms with Crippen molar-refractivity contribution in [2.75, 3.05) is 20.3 Å². The molecule has 0 aromatic heterocycles. The summed E-state index contributed by atoms with van der Waals surface area (Å²) in [6.07, 6.45) is 6.36. The summed E-state index contributed by atoms with van der Waals surface area (Å²) in [7, 11) is 1.64. The first-order valence-corrected chi connectivity index (χ1v) is 14.2. The molecule has 1 heterocycles. The largest absolute Gasteiger partial charge is 0.497 e. The van der Waals surface area contributed by atoms with E-state index in [4.69, 9.17) is 23.7 Å². The molecule has 6 nitrogen and oxygen atoms in total. The smallest absolute Gasteiger partial charge is 0.334 e. The van der Waals surface area contributed by atoms with E-state index >= 15 is 0 Å². The van der Waals surface area contributed by atoms with Crippen molar-refractivity contribution in [2.45, 2.75) is 111 Å². The fraction of sp³-hybridized carbons (Fsp3) is 0.719. The third-order valence-electron chi connectivity index (χ3n) is 6.52. The van der Waals surface area contributed by atoms with Crippen molar-refractivity contribution in [2.24, 2.45) is 17.8 Å². The molecule has 1 aromatic rings. The SMILES string of the molecule is COc1ccc(OCC2(CC/C(=C\CC(CC(C)C)CC(C)C)C(=O)OC(C)(C)C)COC(C)(C)O2)cc1. The highest BCUT2D eigenvalue weighted by molar-refractivity contribution is 5.88. The van der Waals surface area contributed by atoms with Crippen LogP contribution in [0, 0.1) is 17.8 Å². The van der Waals surface area contributed by atoms with E-state index in [1.165, 1.54) is 0 Å². The fourth-order valence-corrected chi connectivity index (χ4v) is 4.96. The van der Waals surface area contributed by atoms with Gasteiger partial charge in [-0.3, -0.25) is 0 Å². The number of hydrogen-bond donors (Lipinski definition) is 0. The number of hydrogen-bond acceptors (Lipinski definition) is 6. The lowest BCUT2D eigenvalue weighted by Crippen LogP contribution is -2.41. The maximum atomic E-state index is 13.3. The summed E-state index contributed by atoms with van der Waals surface area (Å²) >= 11 is 0. The van der Waals surface area contributed by atoms with E-state index in [1.807, 2.05) is 58.9 Å². The van der Waals surface area contributed by atoms with Gasteiger partial charge in [0.25, 0.3) is 0 Å². The zero-order valence-electron chi connectivity index (χ0n) is 25.5. The van der Waals surface area contributed by atoms with Gasteiger partial charge in [0, 0.05) is 5.57 Å². The number of benzene rings is 1. The zero-order valence-corrected chi connectivity index (χ0v) is 25.5. The lowest BCUT2D eigenvalue weighted by molar-refractivity contribution is -0.168. The molecule has 1 aromatic carbocycles. The number of methoxy groups -OCH3 is 1. The zero-order chi connectivity index (χ0) is 28.6.